The number of aromatic nitrogens is 2. The number of nitrogens with one attached hydrogen (secondary N) is 3. The van der Waals surface area contributed by atoms with Crippen molar-refractivity contribution in [2.75, 3.05) is 36.0 Å². The van der Waals surface area contributed by atoms with Crippen LogP contribution in [0.2, 0.25) is 0 Å². The topological polar surface area (TPSA) is 164 Å². The second-order valence-corrected chi connectivity index (χ2v) is 13.9. The number of benzene rings is 4. The number of carbonyl (C=O) groups is 2. The molecule has 1 aromatic heterocycles. The van der Waals surface area contributed by atoms with E-state index in [0.29, 0.717) is 29.9 Å². The molecule has 0 bridgehead atoms. The molecular formula is C41H46N6O6. The zero-order valence-corrected chi connectivity index (χ0v) is 29.6. The summed E-state index contributed by atoms with van der Waals surface area (Å²) in [5, 5.41) is 15.3. The lowest BCUT2D eigenvalue weighted by molar-refractivity contribution is -0.253. The van der Waals surface area contributed by atoms with Gasteiger partial charge >= 0.3 is 5.69 Å². The van der Waals surface area contributed by atoms with Crippen molar-refractivity contribution in [3.05, 3.63) is 124 Å². The van der Waals surface area contributed by atoms with E-state index < -0.39 is 6.29 Å². The average Bonchev–Trinajstić information content (AvgIpc) is 3.52. The number of aromatic amines is 1. The maximum atomic E-state index is 12.8. The van der Waals surface area contributed by atoms with Crippen LogP contribution in [0.5, 0.6) is 0 Å². The van der Waals surface area contributed by atoms with Gasteiger partial charge < -0.3 is 40.8 Å². The fourth-order valence-corrected chi connectivity index (χ4v) is 7.30. The van der Waals surface area contributed by atoms with E-state index in [9.17, 15) is 19.5 Å². The molecule has 7 rings (SSSR count). The first-order valence-electron chi connectivity index (χ1n) is 18.3. The van der Waals surface area contributed by atoms with Gasteiger partial charge in [0.2, 0.25) is 11.8 Å². The molecule has 3 unspecified atom stereocenters. The number of nitrogens with two attached hydrogens (primary N) is 1. The summed E-state index contributed by atoms with van der Waals surface area (Å²) < 4.78 is 15.0. The number of carbonyl (C=O) groups excluding carboxylic acids is 2. The Kier molecular flexibility index (Phi) is 11.3. The fourth-order valence-electron chi connectivity index (χ4n) is 7.30. The molecule has 2 aliphatic heterocycles. The SMILES string of the molecule is Nc1ccccc1NC(=O)CCCC(=O)Nc1ccc(C2OC(CN3CCC(n4c(=O)[nH]c5ccccc54)CC3)CC(c3ccc(CO)cc3)O2)cc1. The summed E-state index contributed by atoms with van der Waals surface area (Å²) in [6.45, 7) is 2.39. The molecule has 276 valence electrons. The Morgan fingerprint density at radius 3 is 2.25 bits per heavy atom. The van der Waals surface area contributed by atoms with Crippen molar-refractivity contribution in [3.8, 4) is 0 Å². The van der Waals surface area contributed by atoms with Gasteiger partial charge in [-0.2, -0.15) is 0 Å². The van der Waals surface area contributed by atoms with Crippen molar-refractivity contribution < 1.29 is 24.2 Å². The van der Waals surface area contributed by atoms with Gasteiger partial charge in [0.15, 0.2) is 6.29 Å². The molecule has 0 aliphatic carbocycles. The number of fused-ring (bicyclic) bond motifs is 1. The maximum absolute atomic E-state index is 12.8. The second kappa shape index (κ2) is 16.6. The normalized spacial score (nSPS) is 19.6. The minimum absolute atomic E-state index is 0.0250. The number of para-hydroxylation sites is 4. The smallest absolute Gasteiger partial charge is 0.326 e. The van der Waals surface area contributed by atoms with Gasteiger partial charge in [-0.15, -0.1) is 0 Å². The molecule has 12 nitrogen and oxygen atoms in total. The zero-order valence-electron chi connectivity index (χ0n) is 29.6. The lowest BCUT2D eigenvalue weighted by Gasteiger charge is -2.40. The summed E-state index contributed by atoms with van der Waals surface area (Å²) in [5.41, 5.74) is 12.0. The molecular weight excluding hydrogens is 672 g/mol. The number of imidazole rings is 1. The summed E-state index contributed by atoms with van der Waals surface area (Å²) in [7, 11) is 0. The summed E-state index contributed by atoms with van der Waals surface area (Å²) in [6, 6.07) is 30.3. The zero-order chi connectivity index (χ0) is 36.7. The first-order chi connectivity index (χ1) is 25.8. The lowest BCUT2D eigenvalue weighted by Crippen LogP contribution is -2.43. The van der Waals surface area contributed by atoms with Crippen molar-refractivity contribution in [2.24, 2.45) is 0 Å². The van der Waals surface area contributed by atoms with Crippen molar-refractivity contribution in [1.82, 2.24) is 14.5 Å². The maximum Gasteiger partial charge on any atom is 0.326 e. The monoisotopic (exact) mass is 718 g/mol. The Hall–Kier alpha value is -5.27. The number of H-pyrrole nitrogens is 1. The van der Waals surface area contributed by atoms with Crippen LogP contribution in [0.15, 0.2) is 102 Å². The van der Waals surface area contributed by atoms with E-state index in [1.807, 2.05) is 77.4 Å². The van der Waals surface area contributed by atoms with Crippen LogP contribution in [0.4, 0.5) is 17.1 Å². The van der Waals surface area contributed by atoms with Gasteiger partial charge in [0.05, 0.1) is 41.2 Å². The number of likely N-dealkylation sites (tertiary alicyclic amines) is 1. The van der Waals surface area contributed by atoms with E-state index in [1.165, 1.54) is 0 Å². The number of hydrogen-bond donors (Lipinski definition) is 5. The molecule has 53 heavy (non-hydrogen) atoms. The Balaban J connectivity index is 0.956. The molecule has 0 radical (unpaired) electrons. The van der Waals surface area contributed by atoms with Crippen LogP contribution in [0.3, 0.4) is 0 Å². The van der Waals surface area contributed by atoms with Crippen molar-refractivity contribution >= 4 is 39.9 Å². The number of nitrogens with zero attached hydrogens (tertiary/aromatic N) is 2. The number of rotatable bonds is 12. The first-order valence-corrected chi connectivity index (χ1v) is 18.3. The molecule has 2 aliphatic rings. The number of piperidine rings is 1. The number of ether oxygens (including phenoxy) is 2. The highest BCUT2D eigenvalue weighted by atomic mass is 16.7. The number of hydrogen-bond acceptors (Lipinski definition) is 8. The summed E-state index contributed by atoms with van der Waals surface area (Å²) in [5.74, 6) is -0.375. The van der Waals surface area contributed by atoms with Crippen LogP contribution in [0.25, 0.3) is 11.0 Å². The number of aliphatic hydroxyl groups excluding tert-OH is 1. The highest BCUT2D eigenvalue weighted by Crippen LogP contribution is 2.39. The van der Waals surface area contributed by atoms with Crippen LogP contribution < -0.4 is 22.1 Å². The third kappa shape index (κ3) is 8.86. The number of amides is 2. The van der Waals surface area contributed by atoms with Gasteiger partial charge in [-0.25, -0.2) is 4.79 Å². The van der Waals surface area contributed by atoms with Crippen LogP contribution in [0, 0.1) is 0 Å². The first kappa shape index (κ1) is 36.1. The molecule has 2 fully saturated rings. The van der Waals surface area contributed by atoms with E-state index in [1.54, 1.807) is 24.3 Å². The van der Waals surface area contributed by atoms with Crippen LogP contribution in [-0.4, -0.2) is 57.1 Å². The Labute approximate surface area is 307 Å². The van der Waals surface area contributed by atoms with Gasteiger partial charge in [-0.1, -0.05) is 60.7 Å². The van der Waals surface area contributed by atoms with Gasteiger partial charge in [0, 0.05) is 56.2 Å². The highest BCUT2D eigenvalue weighted by molar-refractivity contribution is 5.94. The molecule has 4 aromatic carbocycles. The Morgan fingerprint density at radius 1 is 0.830 bits per heavy atom. The standard InChI is InChI=1S/C41H46N6O6/c42-33-6-1-2-7-34(33)44-39(50)11-5-10-38(49)43-30-18-16-29(17-19-30)40-52-32(24-37(53-40)28-14-12-27(26-48)13-15-28)25-46-22-20-31(21-23-46)47-36-9-4-3-8-35(36)45-41(47)51/h1-4,6-9,12-19,31-32,37,40,48H,5,10-11,20-26,42H2,(H,43,49)(H,44,50)(H,45,51). The largest absolute Gasteiger partial charge is 0.397 e. The quantitative estimate of drug-likeness (QED) is 0.0976. The van der Waals surface area contributed by atoms with Gasteiger partial charge in [0.1, 0.15) is 0 Å². The molecule has 12 heteroatoms. The van der Waals surface area contributed by atoms with Crippen molar-refractivity contribution in [3.63, 3.8) is 0 Å². The van der Waals surface area contributed by atoms with E-state index in [2.05, 4.69) is 20.5 Å². The van der Waals surface area contributed by atoms with Crippen molar-refractivity contribution in [2.45, 2.75) is 69.7 Å². The minimum Gasteiger partial charge on any atom is -0.397 e. The molecule has 0 saturated carbocycles. The highest BCUT2D eigenvalue weighted by Gasteiger charge is 2.34. The molecule has 5 aromatic rings. The number of aliphatic hydroxyl groups is 1. The molecule has 3 atom stereocenters. The Bertz CT molecular complexity index is 2070. The van der Waals surface area contributed by atoms with Crippen LogP contribution in [0.1, 0.15) is 73.7 Å². The molecule has 6 N–H and O–H groups in total. The summed E-state index contributed by atoms with van der Waals surface area (Å²) in [6.07, 6.45) is 2.23. The van der Waals surface area contributed by atoms with Gasteiger partial charge in [-0.3, -0.25) is 14.2 Å². The predicted octanol–water partition coefficient (Wildman–Crippen LogP) is 6.03. The van der Waals surface area contributed by atoms with Crippen LogP contribution >= 0.6 is 0 Å². The molecule has 3 heterocycles. The molecule has 2 saturated heterocycles. The van der Waals surface area contributed by atoms with Gasteiger partial charge in [-0.05, 0) is 66.8 Å². The number of nitrogen functional groups attached to an aromatic ring is 1. The molecule has 2 amide bonds. The number of anilines is 3. The lowest BCUT2D eigenvalue weighted by atomic mass is 9.98. The van der Waals surface area contributed by atoms with Gasteiger partial charge in [0.25, 0.3) is 0 Å². The summed E-state index contributed by atoms with van der Waals surface area (Å²) >= 11 is 0. The molecule has 0 spiro atoms. The summed E-state index contributed by atoms with van der Waals surface area (Å²) in [4.78, 5) is 43.2. The van der Waals surface area contributed by atoms with E-state index in [0.717, 1.165) is 60.2 Å². The van der Waals surface area contributed by atoms with Crippen LogP contribution in [-0.2, 0) is 25.7 Å². The third-order valence-corrected chi connectivity index (χ3v) is 10.1. The predicted molar refractivity (Wildman–Crippen MR) is 204 cm³/mol. The van der Waals surface area contributed by atoms with Crippen molar-refractivity contribution in [1.29, 1.82) is 0 Å². The third-order valence-electron chi connectivity index (χ3n) is 10.1. The second-order valence-electron chi connectivity index (χ2n) is 13.9. The fraction of sp³-hybridized carbons (Fsp3) is 0.341. The van der Waals surface area contributed by atoms with E-state index in [-0.39, 0.29) is 55.2 Å². The minimum atomic E-state index is -0.625. The Morgan fingerprint density at radius 2 is 1.51 bits per heavy atom. The van der Waals surface area contributed by atoms with E-state index >= 15 is 0 Å². The van der Waals surface area contributed by atoms with E-state index in [4.69, 9.17) is 15.2 Å². The average molecular weight is 719 g/mol.